The largest absolute Gasteiger partial charge is 0.376 e. The fraction of sp³-hybridized carbons (Fsp3) is 0.583. The number of aromatic nitrogens is 3. The maximum Gasteiger partial charge on any atom is 0.156 e. The van der Waals surface area contributed by atoms with Gasteiger partial charge in [-0.15, -0.1) is 0 Å². The van der Waals surface area contributed by atoms with Crippen molar-refractivity contribution in [2.24, 2.45) is 16.1 Å². The second-order valence-corrected chi connectivity index (χ2v) is 9.68. The van der Waals surface area contributed by atoms with Gasteiger partial charge in [0.05, 0.1) is 42.0 Å². The molecule has 2 atom stereocenters. The molecule has 32 heavy (non-hydrogen) atoms. The molecule has 4 aliphatic rings. The number of rotatable bonds is 1. The van der Waals surface area contributed by atoms with Crippen LogP contribution in [0.4, 0.5) is 11.5 Å². The average Bonchev–Trinajstić information content (AvgIpc) is 3.35. The highest BCUT2D eigenvalue weighted by atomic mass is 16.5. The van der Waals surface area contributed by atoms with E-state index in [0.717, 1.165) is 92.0 Å². The van der Waals surface area contributed by atoms with Crippen molar-refractivity contribution >= 4 is 17.3 Å². The molecule has 0 aromatic carbocycles. The van der Waals surface area contributed by atoms with E-state index in [9.17, 15) is 0 Å². The van der Waals surface area contributed by atoms with Crippen molar-refractivity contribution < 1.29 is 4.74 Å². The molecular weight excluding hydrogens is 402 g/mol. The lowest BCUT2D eigenvalue weighted by Gasteiger charge is -2.42. The third-order valence-electron chi connectivity index (χ3n) is 7.82. The van der Waals surface area contributed by atoms with E-state index in [1.54, 1.807) is 0 Å². The Morgan fingerprint density at radius 1 is 1.16 bits per heavy atom. The van der Waals surface area contributed by atoms with Crippen LogP contribution in [0.15, 0.2) is 23.3 Å². The molecule has 6 heterocycles. The molecule has 2 aromatic heterocycles. The standard InChI is InChI=1S/C24H31N7O/c1-15-22(30-11-7-24(8-12-30)14-32-16(2)21(24)25)29-18-13-27-23(20(18)28-15)31-10-4-5-17-19(31)6-3-9-26-17/h3,6,9,16,21H,4-5,7-8,10-14,25H2,1-2H3/t16-,21+/m0/s1. The number of aryl methyl sites for hydroxylation is 2. The summed E-state index contributed by atoms with van der Waals surface area (Å²) in [6, 6.07) is 4.26. The van der Waals surface area contributed by atoms with Gasteiger partial charge < -0.3 is 20.3 Å². The summed E-state index contributed by atoms with van der Waals surface area (Å²) >= 11 is 0. The molecule has 168 valence electrons. The molecule has 0 radical (unpaired) electrons. The zero-order valence-corrected chi connectivity index (χ0v) is 18.9. The Hall–Kier alpha value is -2.58. The van der Waals surface area contributed by atoms with Crippen molar-refractivity contribution in [3.8, 4) is 0 Å². The van der Waals surface area contributed by atoms with Gasteiger partial charge in [0, 0.05) is 37.3 Å². The minimum absolute atomic E-state index is 0.111. The van der Waals surface area contributed by atoms with E-state index in [0.29, 0.717) is 6.54 Å². The SMILES string of the molecule is Cc1nc2c(nc1N1CCC3(CC1)CO[C@@H](C)[C@H]3N)CN=C2N1CCCc2ncccc21. The van der Waals surface area contributed by atoms with Gasteiger partial charge >= 0.3 is 0 Å². The highest BCUT2D eigenvalue weighted by Gasteiger charge is 2.47. The van der Waals surface area contributed by atoms with Gasteiger partial charge in [-0.3, -0.25) is 9.98 Å². The van der Waals surface area contributed by atoms with Crippen LogP contribution >= 0.6 is 0 Å². The Morgan fingerprint density at radius 2 is 2.00 bits per heavy atom. The molecule has 0 amide bonds. The lowest BCUT2D eigenvalue weighted by Crippen LogP contribution is -2.51. The van der Waals surface area contributed by atoms with E-state index in [4.69, 9.17) is 25.4 Å². The van der Waals surface area contributed by atoms with E-state index in [1.165, 1.54) is 0 Å². The second kappa shape index (κ2) is 7.49. The highest BCUT2D eigenvalue weighted by Crippen LogP contribution is 2.42. The van der Waals surface area contributed by atoms with Crippen molar-refractivity contribution in [2.45, 2.75) is 58.2 Å². The summed E-state index contributed by atoms with van der Waals surface area (Å²) in [6.45, 7) is 8.35. The van der Waals surface area contributed by atoms with Crippen LogP contribution in [0.2, 0.25) is 0 Å². The molecule has 2 aromatic rings. The lowest BCUT2D eigenvalue weighted by molar-refractivity contribution is 0.0974. The summed E-state index contributed by atoms with van der Waals surface area (Å²) in [5.41, 5.74) is 11.8. The van der Waals surface area contributed by atoms with Crippen molar-refractivity contribution in [1.82, 2.24) is 15.0 Å². The normalized spacial score (nSPS) is 26.3. The number of piperidine rings is 1. The zero-order chi connectivity index (χ0) is 21.9. The number of anilines is 2. The third kappa shape index (κ3) is 3.03. The number of fused-ring (bicyclic) bond motifs is 2. The number of hydrogen-bond donors (Lipinski definition) is 1. The molecule has 2 fully saturated rings. The van der Waals surface area contributed by atoms with Crippen LogP contribution < -0.4 is 15.5 Å². The molecule has 6 rings (SSSR count). The fourth-order valence-corrected chi connectivity index (χ4v) is 5.82. The van der Waals surface area contributed by atoms with Gasteiger partial charge in [-0.05, 0) is 51.7 Å². The zero-order valence-electron chi connectivity index (χ0n) is 18.9. The number of nitrogens with two attached hydrogens (primary N) is 1. The lowest BCUT2D eigenvalue weighted by atomic mass is 9.73. The first-order chi connectivity index (χ1) is 15.6. The monoisotopic (exact) mass is 433 g/mol. The minimum Gasteiger partial charge on any atom is -0.376 e. The molecule has 1 spiro atoms. The Morgan fingerprint density at radius 3 is 2.78 bits per heavy atom. The Bertz CT molecular complexity index is 1080. The van der Waals surface area contributed by atoms with Crippen LogP contribution in [0.1, 0.15) is 49.0 Å². The van der Waals surface area contributed by atoms with Crippen molar-refractivity contribution in [1.29, 1.82) is 0 Å². The summed E-state index contributed by atoms with van der Waals surface area (Å²) in [7, 11) is 0. The number of ether oxygens (including phenoxy) is 1. The molecule has 0 saturated carbocycles. The van der Waals surface area contributed by atoms with Gasteiger partial charge in [0.1, 0.15) is 11.5 Å². The Balaban J connectivity index is 1.24. The van der Waals surface area contributed by atoms with Crippen LogP contribution in [-0.2, 0) is 17.7 Å². The van der Waals surface area contributed by atoms with Gasteiger partial charge in [-0.1, -0.05) is 0 Å². The summed E-state index contributed by atoms with van der Waals surface area (Å²) in [5, 5.41) is 0. The van der Waals surface area contributed by atoms with E-state index < -0.39 is 0 Å². The fourth-order valence-electron chi connectivity index (χ4n) is 5.82. The van der Waals surface area contributed by atoms with Crippen LogP contribution in [0.3, 0.4) is 0 Å². The Labute approximate surface area is 188 Å². The highest BCUT2D eigenvalue weighted by molar-refractivity contribution is 6.11. The number of pyridine rings is 1. The smallest absolute Gasteiger partial charge is 0.156 e. The molecule has 0 aliphatic carbocycles. The molecule has 8 nitrogen and oxygen atoms in total. The third-order valence-corrected chi connectivity index (χ3v) is 7.82. The van der Waals surface area contributed by atoms with Crippen LogP contribution in [0, 0.1) is 12.3 Å². The molecule has 2 N–H and O–H groups in total. The molecule has 2 saturated heterocycles. The van der Waals surface area contributed by atoms with E-state index in [-0.39, 0.29) is 17.6 Å². The molecular formula is C24H31N7O. The topological polar surface area (TPSA) is 92.8 Å². The van der Waals surface area contributed by atoms with Gasteiger partial charge in [-0.25, -0.2) is 9.97 Å². The van der Waals surface area contributed by atoms with Gasteiger partial charge in [0.2, 0.25) is 0 Å². The summed E-state index contributed by atoms with van der Waals surface area (Å²) in [4.78, 5) is 24.2. The van der Waals surface area contributed by atoms with Crippen LogP contribution in [-0.4, -0.2) is 59.2 Å². The van der Waals surface area contributed by atoms with E-state index in [1.807, 2.05) is 12.3 Å². The van der Waals surface area contributed by atoms with Crippen LogP contribution in [0.25, 0.3) is 0 Å². The first-order valence-corrected chi connectivity index (χ1v) is 11.8. The number of nitrogens with zero attached hydrogens (tertiary/aromatic N) is 6. The molecule has 8 heteroatoms. The molecule has 4 aliphatic heterocycles. The summed E-state index contributed by atoms with van der Waals surface area (Å²) in [5.74, 6) is 1.94. The number of aliphatic imine (C=N–C) groups is 1. The van der Waals surface area contributed by atoms with Gasteiger partial charge in [-0.2, -0.15) is 0 Å². The van der Waals surface area contributed by atoms with E-state index >= 15 is 0 Å². The van der Waals surface area contributed by atoms with Crippen molar-refractivity contribution in [3.05, 3.63) is 41.1 Å². The molecule has 0 unspecified atom stereocenters. The van der Waals surface area contributed by atoms with Gasteiger partial charge in [0.25, 0.3) is 0 Å². The van der Waals surface area contributed by atoms with E-state index in [2.05, 4.69) is 34.7 Å². The van der Waals surface area contributed by atoms with Crippen LogP contribution in [0.5, 0.6) is 0 Å². The van der Waals surface area contributed by atoms with Crippen molar-refractivity contribution in [2.75, 3.05) is 36.0 Å². The van der Waals surface area contributed by atoms with Gasteiger partial charge in [0.15, 0.2) is 5.84 Å². The first kappa shape index (κ1) is 20.1. The Kier molecular flexibility index (Phi) is 4.69. The maximum atomic E-state index is 6.50. The second-order valence-electron chi connectivity index (χ2n) is 9.68. The summed E-state index contributed by atoms with van der Waals surface area (Å²) < 4.78 is 5.88. The first-order valence-electron chi connectivity index (χ1n) is 11.8. The predicted octanol–water partition coefficient (Wildman–Crippen LogP) is 2.23. The average molecular weight is 434 g/mol. The molecule has 0 bridgehead atoms. The quantitative estimate of drug-likeness (QED) is 0.737. The summed E-state index contributed by atoms with van der Waals surface area (Å²) in [6.07, 6.45) is 6.18. The minimum atomic E-state index is 0.111. The predicted molar refractivity (Wildman–Crippen MR) is 124 cm³/mol. The number of amidine groups is 1. The number of hydrogen-bond acceptors (Lipinski definition) is 8. The van der Waals surface area contributed by atoms with Crippen molar-refractivity contribution in [3.63, 3.8) is 0 Å². The maximum absolute atomic E-state index is 6.50.